The van der Waals surface area contributed by atoms with Crippen molar-refractivity contribution < 1.29 is 19.1 Å². The Morgan fingerprint density at radius 2 is 1.85 bits per heavy atom. The normalized spacial score (nSPS) is 13.7. The van der Waals surface area contributed by atoms with Crippen LogP contribution in [0.15, 0.2) is 60.2 Å². The monoisotopic (exact) mass is 351 g/mol. The number of ether oxygens (including phenoxy) is 2. The molecule has 5 nitrogen and oxygen atoms in total. The summed E-state index contributed by atoms with van der Waals surface area (Å²) in [6.07, 6.45) is 1.60. The number of amides is 1. The predicted molar refractivity (Wildman–Crippen MR) is 98.6 cm³/mol. The summed E-state index contributed by atoms with van der Waals surface area (Å²) in [5.74, 6) is -0.118. The fraction of sp³-hybridized carbons (Fsp3) is 0.238. The molecule has 0 radical (unpaired) electrons. The fourth-order valence-corrected chi connectivity index (χ4v) is 2.64. The third-order valence-electron chi connectivity index (χ3n) is 4.10. The molecule has 2 aromatic carbocycles. The van der Waals surface area contributed by atoms with Crippen LogP contribution < -0.4 is 10.1 Å². The Morgan fingerprint density at radius 3 is 2.65 bits per heavy atom. The molecule has 1 atom stereocenters. The molecule has 1 amide bonds. The van der Waals surface area contributed by atoms with E-state index in [0.29, 0.717) is 12.1 Å². The van der Waals surface area contributed by atoms with Gasteiger partial charge < -0.3 is 14.8 Å². The Bertz CT molecular complexity index is 814. The maximum atomic E-state index is 12.3. The van der Waals surface area contributed by atoms with Crippen LogP contribution in [0.1, 0.15) is 18.1 Å². The van der Waals surface area contributed by atoms with E-state index in [0.717, 1.165) is 23.3 Å². The summed E-state index contributed by atoms with van der Waals surface area (Å²) in [6, 6.07) is 17.3. The Balaban J connectivity index is 1.49. The molecule has 0 fully saturated rings. The SMILES string of the molecule is C[C@@H](OC(=O)C1=Cc2ccccc2OC1)C(=O)NCCc1ccccc1. The van der Waals surface area contributed by atoms with E-state index in [9.17, 15) is 9.59 Å². The summed E-state index contributed by atoms with van der Waals surface area (Å²) in [7, 11) is 0. The number of nitrogens with one attached hydrogen (secondary N) is 1. The van der Waals surface area contributed by atoms with Gasteiger partial charge in [0.2, 0.25) is 0 Å². The van der Waals surface area contributed by atoms with Gasteiger partial charge in [0.05, 0.1) is 5.57 Å². The highest BCUT2D eigenvalue weighted by Crippen LogP contribution is 2.26. The first-order valence-electron chi connectivity index (χ1n) is 8.58. The molecule has 26 heavy (non-hydrogen) atoms. The lowest BCUT2D eigenvalue weighted by Gasteiger charge is -2.19. The van der Waals surface area contributed by atoms with Gasteiger partial charge >= 0.3 is 5.97 Å². The van der Waals surface area contributed by atoms with Gasteiger partial charge in [-0.05, 0) is 31.1 Å². The van der Waals surface area contributed by atoms with Crippen molar-refractivity contribution in [3.05, 3.63) is 71.3 Å². The molecule has 0 aromatic heterocycles. The lowest BCUT2D eigenvalue weighted by atomic mass is 10.1. The number of rotatable bonds is 6. The van der Waals surface area contributed by atoms with Crippen LogP contribution in [0.4, 0.5) is 0 Å². The summed E-state index contributed by atoms with van der Waals surface area (Å²) in [5.41, 5.74) is 2.36. The molecule has 0 saturated heterocycles. The van der Waals surface area contributed by atoms with Crippen molar-refractivity contribution in [2.45, 2.75) is 19.4 Å². The lowest BCUT2D eigenvalue weighted by Crippen LogP contribution is -2.37. The van der Waals surface area contributed by atoms with Crippen LogP contribution in [0.2, 0.25) is 0 Å². The summed E-state index contributed by atoms with van der Waals surface area (Å²) in [6.45, 7) is 2.19. The lowest BCUT2D eigenvalue weighted by molar-refractivity contribution is -0.151. The third kappa shape index (κ3) is 4.51. The maximum Gasteiger partial charge on any atom is 0.338 e. The van der Waals surface area contributed by atoms with Crippen LogP contribution >= 0.6 is 0 Å². The zero-order chi connectivity index (χ0) is 18.4. The second-order valence-corrected chi connectivity index (χ2v) is 6.07. The molecule has 134 valence electrons. The highest BCUT2D eigenvalue weighted by atomic mass is 16.6. The van der Waals surface area contributed by atoms with E-state index in [1.165, 1.54) is 0 Å². The number of fused-ring (bicyclic) bond motifs is 1. The molecular weight excluding hydrogens is 330 g/mol. The summed E-state index contributed by atoms with van der Waals surface area (Å²) in [5, 5.41) is 2.79. The van der Waals surface area contributed by atoms with Gasteiger partial charge in [-0.1, -0.05) is 48.5 Å². The average molecular weight is 351 g/mol. The van der Waals surface area contributed by atoms with Crippen molar-refractivity contribution in [3.8, 4) is 5.75 Å². The molecular formula is C21H21NO4. The quantitative estimate of drug-likeness (QED) is 0.813. The third-order valence-corrected chi connectivity index (χ3v) is 4.10. The number of esters is 1. The molecule has 5 heteroatoms. The van der Waals surface area contributed by atoms with E-state index in [4.69, 9.17) is 9.47 Å². The van der Waals surface area contributed by atoms with Gasteiger partial charge in [-0.2, -0.15) is 0 Å². The number of benzene rings is 2. The molecule has 1 heterocycles. The molecule has 0 bridgehead atoms. The van der Waals surface area contributed by atoms with E-state index < -0.39 is 12.1 Å². The molecule has 0 aliphatic carbocycles. The van der Waals surface area contributed by atoms with Gasteiger partial charge in [0.25, 0.3) is 5.91 Å². The molecule has 1 N–H and O–H groups in total. The van der Waals surface area contributed by atoms with Crippen LogP contribution in [-0.4, -0.2) is 31.1 Å². The summed E-state index contributed by atoms with van der Waals surface area (Å²) >= 11 is 0. The van der Waals surface area contributed by atoms with Gasteiger partial charge in [-0.3, -0.25) is 4.79 Å². The van der Waals surface area contributed by atoms with Crippen LogP contribution in [-0.2, 0) is 20.7 Å². The van der Waals surface area contributed by atoms with E-state index in [-0.39, 0.29) is 12.5 Å². The molecule has 0 spiro atoms. The topological polar surface area (TPSA) is 64.6 Å². The van der Waals surface area contributed by atoms with Crippen molar-refractivity contribution in [3.63, 3.8) is 0 Å². The second-order valence-electron chi connectivity index (χ2n) is 6.07. The van der Waals surface area contributed by atoms with Gasteiger partial charge in [-0.25, -0.2) is 4.79 Å². The number of hydrogen-bond donors (Lipinski definition) is 1. The second kappa shape index (κ2) is 8.34. The van der Waals surface area contributed by atoms with Crippen LogP contribution in [0.25, 0.3) is 6.08 Å². The largest absolute Gasteiger partial charge is 0.488 e. The predicted octanol–water partition coefficient (Wildman–Crippen LogP) is 2.75. The van der Waals surface area contributed by atoms with Crippen LogP contribution in [0, 0.1) is 0 Å². The number of carbonyl (C=O) groups is 2. The first kappa shape index (κ1) is 17.7. The smallest absolute Gasteiger partial charge is 0.338 e. The standard InChI is InChI=1S/C21H21NO4/c1-15(20(23)22-12-11-16-7-3-2-4-8-16)26-21(24)18-13-17-9-5-6-10-19(17)25-14-18/h2-10,13,15H,11-12,14H2,1H3,(H,22,23)/t15-/m1/s1. The highest BCUT2D eigenvalue weighted by Gasteiger charge is 2.23. The van der Waals surface area contributed by atoms with Crippen molar-refractivity contribution in [2.24, 2.45) is 0 Å². The summed E-state index contributed by atoms with van der Waals surface area (Å²) < 4.78 is 10.8. The van der Waals surface area contributed by atoms with E-state index in [2.05, 4.69) is 5.32 Å². The summed E-state index contributed by atoms with van der Waals surface area (Å²) in [4.78, 5) is 24.4. The minimum Gasteiger partial charge on any atom is -0.488 e. The van der Waals surface area contributed by atoms with Crippen molar-refractivity contribution in [1.82, 2.24) is 5.32 Å². The zero-order valence-electron chi connectivity index (χ0n) is 14.6. The van der Waals surface area contributed by atoms with E-state index >= 15 is 0 Å². The molecule has 1 aliphatic heterocycles. The molecule has 3 rings (SSSR count). The number of hydrogen-bond acceptors (Lipinski definition) is 4. The Hall–Kier alpha value is -3.08. The van der Waals surface area contributed by atoms with Crippen molar-refractivity contribution in [2.75, 3.05) is 13.2 Å². The average Bonchev–Trinajstić information content (AvgIpc) is 2.68. The Morgan fingerprint density at radius 1 is 1.12 bits per heavy atom. The Labute approximate surface area is 152 Å². The molecule has 2 aromatic rings. The van der Waals surface area contributed by atoms with E-state index in [1.807, 2.05) is 54.6 Å². The number of para-hydroxylation sites is 1. The first-order chi connectivity index (χ1) is 12.6. The van der Waals surface area contributed by atoms with Crippen molar-refractivity contribution >= 4 is 18.0 Å². The highest BCUT2D eigenvalue weighted by molar-refractivity contribution is 5.96. The Kier molecular flexibility index (Phi) is 5.69. The number of carbonyl (C=O) groups excluding carboxylic acids is 2. The zero-order valence-corrected chi connectivity index (χ0v) is 14.6. The first-order valence-corrected chi connectivity index (χ1v) is 8.58. The molecule has 1 aliphatic rings. The van der Waals surface area contributed by atoms with Crippen LogP contribution in [0.3, 0.4) is 0 Å². The van der Waals surface area contributed by atoms with Gasteiger partial charge in [0.15, 0.2) is 6.10 Å². The van der Waals surface area contributed by atoms with Gasteiger partial charge in [-0.15, -0.1) is 0 Å². The molecule has 0 unspecified atom stereocenters. The van der Waals surface area contributed by atoms with Crippen molar-refractivity contribution in [1.29, 1.82) is 0 Å². The maximum absolute atomic E-state index is 12.3. The van der Waals surface area contributed by atoms with Gasteiger partial charge in [0.1, 0.15) is 12.4 Å². The van der Waals surface area contributed by atoms with Crippen LogP contribution in [0.5, 0.6) is 5.75 Å². The van der Waals surface area contributed by atoms with Gasteiger partial charge in [0, 0.05) is 12.1 Å². The fourth-order valence-electron chi connectivity index (χ4n) is 2.64. The molecule has 0 saturated carbocycles. The van der Waals surface area contributed by atoms with E-state index in [1.54, 1.807) is 13.0 Å². The minimum absolute atomic E-state index is 0.137. The minimum atomic E-state index is -0.864.